The highest BCUT2D eigenvalue weighted by atomic mass is 32.2. The molecule has 7 heteroatoms. The van der Waals surface area contributed by atoms with Gasteiger partial charge in [-0.1, -0.05) is 66.7 Å². The molecule has 1 atom stereocenters. The van der Waals surface area contributed by atoms with Gasteiger partial charge >= 0.3 is 0 Å². The number of nitrogens with zero attached hydrogens (tertiary/aromatic N) is 2. The van der Waals surface area contributed by atoms with E-state index in [1.54, 1.807) is 22.5 Å². The molecular formula is C28H31N3O3S. The number of amides is 1. The fourth-order valence-corrected chi connectivity index (χ4v) is 6.74. The van der Waals surface area contributed by atoms with Crippen molar-refractivity contribution in [3.63, 3.8) is 0 Å². The maximum atomic E-state index is 13.4. The largest absolute Gasteiger partial charge is 0.351 e. The Kier molecular flexibility index (Phi) is 7.00. The highest BCUT2D eigenvalue weighted by Gasteiger charge is 2.36. The molecule has 0 spiro atoms. The molecule has 1 unspecified atom stereocenters. The Hall–Kier alpha value is -3.00. The third-order valence-corrected chi connectivity index (χ3v) is 9.02. The van der Waals surface area contributed by atoms with E-state index in [0.717, 1.165) is 37.1 Å². The highest BCUT2D eigenvalue weighted by molar-refractivity contribution is 7.89. The SMILES string of the molecule is O=C(NCC(c1ccccc1)c1ccccc1)c1cccc(S(=O)(=O)N2CCN3CCCC3C2)c1. The third-order valence-electron chi connectivity index (χ3n) is 7.15. The van der Waals surface area contributed by atoms with Crippen molar-refractivity contribution >= 4 is 15.9 Å². The van der Waals surface area contributed by atoms with Crippen molar-refractivity contribution in [1.82, 2.24) is 14.5 Å². The lowest BCUT2D eigenvalue weighted by Gasteiger charge is -2.36. The first-order valence-electron chi connectivity index (χ1n) is 12.2. The standard InChI is InChI=1S/C28H31N3O3S/c32-28(29-20-27(22-9-3-1-4-10-22)23-11-5-2-6-12-23)24-13-7-15-26(19-24)35(33,34)31-18-17-30-16-8-14-25(30)21-31/h1-7,9-13,15,19,25,27H,8,14,16-18,20-21H2,(H,29,32). The van der Waals surface area contributed by atoms with Crippen LogP contribution in [0.1, 0.15) is 40.2 Å². The van der Waals surface area contributed by atoms with Crippen molar-refractivity contribution in [2.75, 3.05) is 32.7 Å². The molecule has 6 nitrogen and oxygen atoms in total. The molecule has 2 saturated heterocycles. The number of hydrogen-bond acceptors (Lipinski definition) is 4. The number of carbonyl (C=O) groups is 1. The van der Waals surface area contributed by atoms with Gasteiger partial charge in [0.05, 0.1) is 4.90 Å². The zero-order valence-corrected chi connectivity index (χ0v) is 20.5. The predicted octanol–water partition coefficient (Wildman–Crippen LogP) is 3.72. The molecule has 0 bridgehead atoms. The molecular weight excluding hydrogens is 458 g/mol. The molecule has 182 valence electrons. The van der Waals surface area contributed by atoms with Crippen LogP contribution < -0.4 is 5.32 Å². The van der Waals surface area contributed by atoms with Crippen molar-refractivity contribution in [1.29, 1.82) is 0 Å². The van der Waals surface area contributed by atoms with Gasteiger partial charge in [0.2, 0.25) is 10.0 Å². The number of carbonyl (C=O) groups excluding carboxylic acids is 1. The van der Waals surface area contributed by atoms with E-state index < -0.39 is 10.0 Å². The quantitative estimate of drug-likeness (QED) is 0.549. The van der Waals surface area contributed by atoms with Gasteiger partial charge in [0.1, 0.15) is 0 Å². The maximum Gasteiger partial charge on any atom is 0.251 e. The number of rotatable bonds is 7. The van der Waals surface area contributed by atoms with Crippen molar-refractivity contribution in [2.45, 2.75) is 29.7 Å². The monoisotopic (exact) mass is 489 g/mol. The van der Waals surface area contributed by atoms with Gasteiger partial charge < -0.3 is 5.32 Å². The average Bonchev–Trinajstić information content (AvgIpc) is 3.38. The number of piperazine rings is 1. The van der Waals surface area contributed by atoms with Crippen molar-refractivity contribution in [3.8, 4) is 0 Å². The van der Waals surface area contributed by atoms with Crippen LogP contribution in [0.2, 0.25) is 0 Å². The van der Waals surface area contributed by atoms with Crippen LogP contribution in [0.4, 0.5) is 0 Å². The van der Waals surface area contributed by atoms with Gasteiger partial charge in [-0.15, -0.1) is 0 Å². The second-order valence-electron chi connectivity index (χ2n) is 9.31. The van der Waals surface area contributed by atoms with Crippen molar-refractivity contribution in [3.05, 3.63) is 102 Å². The van der Waals surface area contributed by atoms with Crippen LogP contribution in [0.5, 0.6) is 0 Å². The van der Waals surface area contributed by atoms with E-state index in [2.05, 4.69) is 34.5 Å². The maximum absolute atomic E-state index is 13.4. The number of benzene rings is 3. The Labute approximate surface area is 207 Å². The molecule has 0 aromatic heterocycles. The molecule has 2 heterocycles. The van der Waals surface area contributed by atoms with Gasteiger partial charge in [-0.3, -0.25) is 9.69 Å². The lowest BCUT2D eigenvalue weighted by molar-refractivity contribution is 0.0952. The lowest BCUT2D eigenvalue weighted by Crippen LogP contribution is -2.51. The van der Waals surface area contributed by atoms with Crippen LogP contribution in [0, 0.1) is 0 Å². The van der Waals surface area contributed by atoms with Crippen LogP contribution in [-0.2, 0) is 10.0 Å². The van der Waals surface area contributed by atoms with Gasteiger partial charge in [-0.25, -0.2) is 8.42 Å². The summed E-state index contributed by atoms with van der Waals surface area (Å²) in [6.45, 7) is 3.25. The van der Waals surface area contributed by atoms with Gasteiger partial charge in [-0.05, 0) is 48.7 Å². The summed E-state index contributed by atoms with van der Waals surface area (Å²) in [6.07, 6.45) is 2.17. The molecule has 1 N–H and O–H groups in total. The summed E-state index contributed by atoms with van der Waals surface area (Å²) in [5.74, 6) is -0.282. The fraction of sp³-hybridized carbons (Fsp3) is 0.321. The average molecular weight is 490 g/mol. The van der Waals surface area contributed by atoms with Crippen LogP contribution in [0.15, 0.2) is 89.8 Å². The number of sulfonamides is 1. The Bertz CT molecular complexity index is 1230. The Balaban J connectivity index is 1.31. The molecule has 0 aliphatic carbocycles. The lowest BCUT2D eigenvalue weighted by atomic mass is 9.91. The minimum absolute atomic E-state index is 0.00373. The zero-order chi connectivity index (χ0) is 24.3. The minimum Gasteiger partial charge on any atom is -0.351 e. The van der Waals surface area contributed by atoms with Gasteiger partial charge in [0, 0.05) is 43.7 Å². The second-order valence-corrected chi connectivity index (χ2v) is 11.2. The smallest absolute Gasteiger partial charge is 0.251 e. The number of nitrogens with one attached hydrogen (secondary N) is 1. The summed E-state index contributed by atoms with van der Waals surface area (Å²) in [7, 11) is -3.65. The summed E-state index contributed by atoms with van der Waals surface area (Å²) < 4.78 is 28.3. The Morgan fingerprint density at radius 3 is 2.26 bits per heavy atom. The van der Waals surface area contributed by atoms with Crippen LogP contribution >= 0.6 is 0 Å². The van der Waals surface area contributed by atoms with Gasteiger partial charge in [-0.2, -0.15) is 4.31 Å². The highest BCUT2D eigenvalue weighted by Crippen LogP contribution is 2.27. The molecule has 2 aliphatic rings. The molecule has 1 amide bonds. The Morgan fingerprint density at radius 2 is 1.57 bits per heavy atom. The molecule has 2 fully saturated rings. The Morgan fingerprint density at radius 1 is 0.886 bits per heavy atom. The van der Waals surface area contributed by atoms with E-state index in [1.807, 2.05) is 36.4 Å². The third kappa shape index (κ3) is 5.17. The minimum atomic E-state index is -3.65. The summed E-state index contributed by atoms with van der Waals surface area (Å²) in [5, 5.41) is 3.03. The van der Waals surface area contributed by atoms with Crippen LogP contribution in [0.3, 0.4) is 0 Å². The topological polar surface area (TPSA) is 69.7 Å². The van der Waals surface area contributed by atoms with Crippen molar-refractivity contribution in [2.24, 2.45) is 0 Å². The van der Waals surface area contributed by atoms with Gasteiger partial charge in [0.15, 0.2) is 0 Å². The first-order valence-corrected chi connectivity index (χ1v) is 13.7. The summed E-state index contributed by atoms with van der Waals surface area (Å²) >= 11 is 0. The van der Waals surface area contributed by atoms with E-state index in [4.69, 9.17) is 0 Å². The predicted molar refractivity (Wildman–Crippen MR) is 137 cm³/mol. The first-order chi connectivity index (χ1) is 17.0. The molecule has 3 aromatic rings. The van der Waals surface area contributed by atoms with E-state index in [0.29, 0.717) is 31.2 Å². The van der Waals surface area contributed by atoms with E-state index in [9.17, 15) is 13.2 Å². The van der Waals surface area contributed by atoms with Crippen LogP contribution in [0.25, 0.3) is 0 Å². The number of hydrogen-bond donors (Lipinski definition) is 1. The molecule has 3 aromatic carbocycles. The molecule has 35 heavy (non-hydrogen) atoms. The zero-order valence-electron chi connectivity index (χ0n) is 19.7. The van der Waals surface area contributed by atoms with Gasteiger partial charge in [0.25, 0.3) is 5.91 Å². The number of fused-ring (bicyclic) bond motifs is 1. The molecule has 5 rings (SSSR count). The normalized spacial score (nSPS) is 18.9. The van der Waals surface area contributed by atoms with E-state index >= 15 is 0 Å². The molecule has 0 radical (unpaired) electrons. The summed E-state index contributed by atoms with van der Waals surface area (Å²) in [5.41, 5.74) is 2.58. The van der Waals surface area contributed by atoms with E-state index in [-0.39, 0.29) is 16.7 Å². The molecule has 0 saturated carbocycles. The summed E-state index contributed by atoms with van der Waals surface area (Å²) in [6, 6.07) is 26.9. The second kappa shape index (κ2) is 10.3. The summed E-state index contributed by atoms with van der Waals surface area (Å²) in [4.78, 5) is 15.7. The van der Waals surface area contributed by atoms with E-state index in [1.165, 1.54) is 6.07 Å². The van der Waals surface area contributed by atoms with Crippen LogP contribution in [-0.4, -0.2) is 62.3 Å². The molecule has 2 aliphatic heterocycles. The first kappa shape index (κ1) is 23.7. The fourth-order valence-electron chi connectivity index (χ4n) is 5.22. The van der Waals surface area contributed by atoms with Crippen molar-refractivity contribution < 1.29 is 13.2 Å².